The number of rotatable bonds is 2. The first-order valence-electron chi connectivity index (χ1n) is 7.50. The van der Waals surface area contributed by atoms with Crippen LogP contribution in [0.3, 0.4) is 0 Å². The highest BCUT2D eigenvalue weighted by atomic mass is 35.5. The van der Waals surface area contributed by atoms with Gasteiger partial charge in [-0.1, -0.05) is 0 Å². The minimum atomic E-state index is 0. The highest BCUT2D eigenvalue weighted by molar-refractivity contribution is 5.94. The van der Waals surface area contributed by atoms with Gasteiger partial charge >= 0.3 is 0 Å². The molecule has 0 aromatic carbocycles. The minimum absolute atomic E-state index is 0. The third-order valence-electron chi connectivity index (χ3n) is 4.17. The van der Waals surface area contributed by atoms with E-state index in [4.69, 9.17) is 5.73 Å². The van der Waals surface area contributed by atoms with Crippen LogP contribution in [-0.4, -0.2) is 48.0 Å². The molecule has 1 aromatic heterocycles. The molecule has 0 aliphatic carbocycles. The summed E-state index contributed by atoms with van der Waals surface area (Å²) in [4.78, 5) is 21.0. The van der Waals surface area contributed by atoms with Crippen molar-refractivity contribution in [2.45, 2.75) is 31.7 Å². The second-order valence-electron chi connectivity index (χ2n) is 5.75. The molecule has 2 N–H and O–H groups in total. The number of likely N-dealkylation sites (tertiary alicyclic amines) is 1. The molecule has 0 saturated carbocycles. The van der Waals surface area contributed by atoms with Gasteiger partial charge in [0.05, 0.1) is 5.56 Å². The van der Waals surface area contributed by atoms with Gasteiger partial charge in [-0.15, -0.1) is 24.8 Å². The Morgan fingerprint density at radius 2 is 1.86 bits per heavy atom. The second-order valence-corrected chi connectivity index (χ2v) is 5.75. The molecule has 124 valence electrons. The predicted octanol–water partition coefficient (Wildman–Crippen LogP) is 2.09. The Morgan fingerprint density at radius 3 is 2.45 bits per heavy atom. The fourth-order valence-corrected chi connectivity index (χ4v) is 3.02. The average Bonchev–Trinajstić information content (AvgIpc) is 3.01. The van der Waals surface area contributed by atoms with E-state index in [1.165, 1.54) is 12.8 Å². The van der Waals surface area contributed by atoms with Crippen molar-refractivity contribution in [2.24, 2.45) is 5.73 Å². The summed E-state index contributed by atoms with van der Waals surface area (Å²) in [6.45, 7) is 3.61. The van der Waals surface area contributed by atoms with Crippen molar-refractivity contribution in [1.82, 2.24) is 9.88 Å². The summed E-state index contributed by atoms with van der Waals surface area (Å²) in [6.07, 6.45) is 6.17. The molecule has 3 heterocycles. The molecule has 2 fully saturated rings. The first-order chi connectivity index (χ1) is 9.74. The van der Waals surface area contributed by atoms with Gasteiger partial charge in [0.15, 0.2) is 0 Å². The number of carbonyl (C=O) groups excluding carboxylic acids is 1. The molecule has 22 heavy (non-hydrogen) atoms. The van der Waals surface area contributed by atoms with E-state index in [0.29, 0.717) is 12.1 Å². The van der Waals surface area contributed by atoms with E-state index in [2.05, 4.69) is 9.88 Å². The average molecular weight is 347 g/mol. The lowest BCUT2D eigenvalue weighted by molar-refractivity contribution is 0.0708. The molecule has 1 aromatic rings. The third kappa shape index (κ3) is 4.24. The highest BCUT2D eigenvalue weighted by Gasteiger charge is 2.22. The summed E-state index contributed by atoms with van der Waals surface area (Å²) in [5.41, 5.74) is 6.60. The van der Waals surface area contributed by atoms with Crippen LogP contribution in [-0.2, 0) is 0 Å². The van der Waals surface area contributed by atoms with Gasteiger partial charge in [-0.05, 0) is 37.8 Å². The van der Waals surface area contributed by atoms with Gasteiger partial charge in [0.25, 0.3) is 5.91 Å². The number of hydrogen-bond acceptors (Lipinski definition) is 4. The van der Waals surface area contributed by atoms with Crippen LogP contribution in [0.1, 0.15) is 36.0 Å². The van der Waals surface area contributed by atoms with Gasteiger partial charge in [0, 0.05) is 38.4 Å². The van der Waals surface area contributed by atoms with Gasteiger partial charge in [-0.3, -0.25) is 4.79 Å². The summed E-state index contributed by atoms with van der Waals surface area (Å²) in [5, 5.41) is 0. The molecular formula is C15H24Cl2N4O. The molecule has 0 bridgehead atoms. The molecule has 0 radical (unpaired) electrons. The van der Waals surface area contributed by atoms with Crippen LogP contribution in [0, 0.1) is 0 Å². The normalized spacial score (nSPS) is 21.0. The molecule has 7 heteroatoms. The maximum atomic E-state index is 12.4. The Morgan fingerprint density at radius 1 is 1.14 bits per heavy atom. The van der Waals surface area contributed by atoms with Crippen LogP contribution >= 0.6 is 24.8 Å². The van der Waals surface area contributed by atoms with Gasteiger partial charge < -0.3 is 15.5 Å². The van der Waals surface area contributed by atoms with Crippen LogP contribution in [0.4, 0.5) is 5.82 Å². The quantitative estimate of drug-likeness (QED) is 0.890. The van der Waals surface area contributed by atoms with Crippen LogP contribution in [0.2, 0.25) is 0 Å². The first kappa shape index (κ1) is 19.0. The maximum Gasteiger partial charge on any atom is 0.255 e. The Hall–Kier alpha value is -1.04. The SMILES string of the molecule is Cl.Cl.NC1CCCN(C(=O)c2ccc(N3CCCC3)nc2)C1. The fourth-order valence-electron chi connectivity index (χ4n) is 3.02. The Balaban J connectivity index is 0.00000121. The van der Waals surface area contributed by atoms with Crippen LogP contribution in [0.15, 0.2) is 18.3 Å². The summed E-state index contributed by atoms with van der Waals surface area (Å²) in [7, 11) is 0. The van der Waals surface area contributed by atoms with E-state index in [9.17, 15) is 4.79 Å². The lowest BCUT2D eigenvalue weighted by atomic mass is 10.1. The number of aromatic nitrogens is 1. The largest absolute Gasteiger partial charge is 0.357 e. The van der Waals surface area contributed by atoms with Crippen molar-refractivity contribution in [3.8, 4) is 0 Å². The molecule has 2 aliphatic rings. The highest BCUT2D eigenvalue weighted by Crippen LogP contribution is 2.19. The number of nitrogens with zero attached hydrogens (tertiary/aromatic N) is 3. The van der Waals surface area contributed by atoms with Crippen LogP contribution < -0.4 is 10.6 Å². The van der Waals surface area contributed by atoms with Crippen molar-refractivity contribution in [3.05, 3.63) is 23.9 Å². The lowest BCUT2D eigenvalue weighted by Crippen LogP contribution is -2.45. The maximum absolute atomic E-state index is 12.4. The summed E-state index contributed by atoms with van der Waals surface area (Å²) in [5.74, 6) is 1.04. The molecule has 2 saturated heterocycles. The van der Waals surface area contributed by atoms with Crippen molar-refractivity contribution >= 4 is 36.5 Å². The van der Waals surface area contributed by atoms with E-state index in [1.807, 2.05) is 17.0 Å². The smallest absolute Gasteiger partial charge is 0.255 e. The third-order valence-corrected chi connectivity index (χ3v) is 4.17. The summed E-state index contributed by atoms with van der Waals surface area (Å²) >= 11 is 0. The summed E-state index contributed by atoms with van der Waals surface area (Å²) in [6, 6.07) is 3.97. The van der Waals surface area contributed by atoms with Crippen molar-refractivity contribution < 1.29 is 4.79 Å². The first-order valence-corrected chi connectivity index (χ1v) is 7.50. The number of hydrogen-bond donors (Lipinski definition) is 1. The molecule has 1 atom stereocenters. The fraction of sp³-hybridized carbons (Fsp3) is 0.600. The van der Waals surface area contributed by atoms with Crippen molar-refractivity contribution in [1.29, 1.82) is 0 Å². The summed E-state index contributed by atoms with van der Waals surface area (Å²) < 4.78 is 0. The molecule has 0 spiro atoms. The number of anilines is 1. The monoisotopic (exact) mass is 346 g/mol. The molecular weight excluding hydrogens is 323 g/mol. The second kappa shape index (κ2) is 8.56. The molecule has 1 unspecified atom stereocenters. The number of nitrogens with two attached hydrogens (primary N) is 1. The van der Waals surface area contributed by atoms with E-state index < -0.39 is 0 Å². The topological polar surface area (TPSA) is 62.5 Å². The van der Waals surface area contributed by atoms with Crippen molar-refractivity contribution in [2.75, 3.05) is 31.1 Å². The Kier molecular flexibility index (Phi) is 7.39. The predicted molar refractivity (Wildman–Crippen MR) is 93.3 cm³/mol. The van der Waals surface area contributed by atoms with E-state index >= 15 is 0 Å². The van der Waals surface area contributed by atoms with Crippen LogP contribution in [0.25, 0.3) is 0 Å². The van der Waals surface area contributed by atoms with Crippen LogP contribution in [0.5, 0.6) is 0 Å². The van der Waals surface area contributed by atoms with Gasteiger partial charge in [0.2, 0.25) is 0 Å². The number of amides is 1. The Bertz CT molecular complexity index is 477. The number of halogens is 2. The molecule has 1 amide bonds. The number of piperidine rings is 1. The molecule has 3 rings (SSSR count). The zero-order chi connectivity index (χ0) is 13.9. The minimum Gasteiger partial charge on any atom is -0.357 e. The van der Waals surface area contributed by atoms with Gasteiger partial charge in [0.1, 0.15) is 5.82 Å². The Labute approximate surface area is 144 Å². The van der Waals surface area contributed by atoms with Crippen molar-refractivity contribution in [3.63, 3.8) is 0 Å². The van der Waals surface area contributed by atoms with E-state index in [0.717, 1.165) is 38.3 Å². The van der Waals surface area contributed by atoms with E-state index in [1.54, 1.807) is 6.20 Å². The van der Waals surface area contributed by atoms with E-state index in [-0.39, 0.29) is 36.8 Å². The van der Waals surface area contributed by atoms with Gasteiger partial charge in [-0.2, -0.15) is 0 Å². The van der Waals surface area contributed by atoms with Gasteiger partial charge in [-0.25, -0.2) is 4.98 Å². The molecule has 2 aliphatic heterocycles. The number of carbonyl (C=O) groups is 1. The zero-order valence-electron chi connectivity index (χ0n) is 12.6. The zero-order valence-corrected chi connectivity index (χ0v) is 14.2. The number of pyridine rings is 1. The standard InChI is InChI=1S/C15H22N4O.2ClH/c16-13-4-3-9-19(11-13)15(20)12-5-6-14(17-10-12)18-7-1-2-8-18;;/h5-6,10,13H,1-4,7-9,11,16H2;2*1H. The lowest BCUT2D eigenvalue weighted by Gasteiger charge is -2.30. The molecule has 5 nitrogen and oxygen atoms in total.